The Morgan fingerprint density at radius 1 is 0.933 bits per heavy atom. The predicted molar refractivity (Wildman–Crippen MR) is 235 cm³/mol. The van der Waals surface area contributed by atoms with Crippen LogP contribution in [0.25, 0.3) is 0 Å². The number of hydrogen-bond acceptors (Lipinski definition) is 9. The van der Waals surface area contributed by atoms with Crippen molar-refractivity contribution in [3.63, 3.8) is 0 Å². The molecule has 0 aliphatic carbocycles. The molecule has 2 heterocycles. The molecule has 0 aromatic heterocycles. The Kier molecular flexibility index (Phi) is 24.1. The molecule has 3 rings (SSSR count). The van der Waals surface area contributed by atoms with Crippen LogP contribution in [0.4, 0.5) is 0 Å². The maximum absolute atomic E-state index is 13.6. The van der Waals surface area contributed by atoms with E-state index in [0.29, 0.717) is 37.9 Å². The number of para-hydroxylation sites is 1. The van der Waals surface area contributed by atoms with Crippen LogP contribution in [0.15, 0.2) is 41.4 Å². The zero-order valence-corrected chi connectivity index (χ0v) is 36.8. The number of phenolic OH excluding ortho intramolecular Hbond substituents is 1. The third-order valence-electron chi connectivity index (χ3n) is 11.2. The number of carbonyl (C=O) groups is 5. The number of ether oxygens (including phenoxy) is 2. The Morgan fingerprint density at radius 2 is 1.58 bits per heavy atom. The lowest BCUT2D eigenvalue weighted by Crippen LogP contribution is -2.51. The van der Waals surface area contributed by atoms with E-state index in [2.05, 4.69) is 33.2 Å². The quantitative estimate of drug-likeness (QED) is 0.0298. The van der Waals surface area contributed by atoms with E-state index in [4.69, 9.17) is 9.47 Å². The summed E-state index contributed by atoms with van der Waals surface area (Å²) in [5.41, 5.74) is -1.03. The Balaban J connectivity index is 1.39. The van der Waals surface area contributed by atoms with Crippen LogP contribution in [0.3, 0.4) is 0 Å². The number of aromatic hydroxyl groups is 1. The van der Waals surface area contributed by atoms with Crippen molar-refractivity contribution < 1.29 is 38.6 Å². The van der Waals surface area contributed by atoms with Crippen LogP contribution < -0.4 is 21.3 Å². The molecular formula is C47H75N5O8. The molecule has 0 saturated carbocycles. The average Bonchev–Trinajstić information content (AvgIpc) is 3.52. The first kappa shape index (κ1) is 49.9. The highest BCUT2D eigenvalue weighted by molar-refractivity contribution is 6.02. The van der Waals surface area contributed by atoms with Gasteiger partial charge in [-0.3, -0.25) is 19.2 Å². The minimum Gasteiger partial charge on any atom is -0.507 e. The van der Waals surface area contributed by atoms with E-state index in [-0.39, 0.29) is 42.9 Å². The van der Waals surface area contributed by atoms with Gasteiger partial charge in [0.05, 0.1) is 12.0 Å². The lowest BCUT2D eigenvalue weighted by atomic mass is 10.0. The number of nitrogens with one attached hydrogen (secondary N) is 4. The lowest BCUT2D eigenvalue weighted by molar-refractivity contribution is -0.154. The standard InChI is InChI=1S/C47H75N5O8/c1-4-5-6-7-8-9-10-11-12-13-14-15-16-17-18-19-20-31-41(54)48-32-25-24-29-39(45(57)60-36(2)34-42(55)50-38-28-23-26-33-49-43(38)56)51-46(58)47(3)35-59-44(52-47)37-27-21-22-30-40(37)53/h20-22,27,30-31,36,38-39,53H,4-19,23-26,28-29,32-35H2,1-3H3,(H,48,54)(H,49,56)(H,50,55)(H,51,58)/b31-20-/t36-,38+,39-,47+/m1/s1. The molecule has 1 saturated heterocycles. The summed E-state index contributed by atoms with van der Waals surface area (Å²) in [7, 11) is 0. The molecule has 13 nitrogen and oxygen atoms in total. The van der Waals surface area contributed by atoms with Gasteiger partial charge in [-0.1, -0.05) is 115 Å². The van der Waals surface area contributed by atoms with E-state index < -0.39 is 41.5 Å². The topological polar surface area (TPSA) is 185 Å². The monoisotopic (exact) mass is 838 g/mol. The molecule has 2 aliphatic rings. The lowest BCUT2D eigenvalue weighted by Gasteiger charge is -2.24. The number of unbranched alkanes of at least 4 members (excludes halogenated alkanes) is 16. The fraction of sp³-hybridized carbons (Fsp3) is 0.702. The summed E-state index contributed by atoms with van der Waals surface area (Å²) in [6, 6.07) is 4.81. The maximum Gasteiger partial charge on any atom is 0.328 e. The second-order valence-corrected chi connectivity index (χ2v) is 16.8. The number of allylic oxidation sites excluding steroid dienone is 1. The second-order valence-electron chi connectivity index (χ2n) is 16.8. The van der Waals surface area contributed by atoms with Crippen molar-refractivity contribution in [1.29, 1.82) is 0 Å². The van der Waals surface area contributed by atoms with E-state index in [1.165, 1.54) is 96.0 Å². The zero-order chi connectivity index (χ0) is 43.4. The van der Waals surface area contributed by atoms with E-state index in [1.807, 2.05) is 6.08 Å². The highest BCUT2D eigenvalue weighted by Crippen LogP contribution is 2.26. The molecule has 0 bridgehead atoms. The van der Waals surface area contributed by atoms with Gasteiger partial charge in [0.1, 0.15) is 30.5 Å². The zero-order valence-electron chi connectivity index (χ0n) is 36.8. The summed E-state index contributed by atoms with van der Waals surface area (Å²) in [6.07, 6.45) is 26.6. The van der Waals surface area contributed by atoms with Crippen LogP contribution in [0.2, 0.25) is 0 Å². The van der Waals surface area contributed by atoms with Gasteiger partial charge in [-0.2, -0.15) is 0 Å². The third kappa shape index (κ3) is 19.8. The van der Waals surface area contributed by atoms with Crippen molar-refractivity contribution in [1.82, 2.24) is 21.3 Å². The van der Waals surface area contributed by atoms with Crippen molar-refractivity contribution in [2.75, 3.05) is 19.7 Å². The third-order valence-corrected chi connectivity index (χ3v) is 11.2. The summed E-state index contributed by atoms with van der Waals surface area (Å²) >= 11 is 0. The van der Waals surface area contributed by atoms with Gasteiger partial charge < -0.3 is 35.8 Å². The van der Waals surface area contributed by atoms with Crippen LogP contribution >= 0.6 is 0 Å². The smallest absolute Gasteiger partial charge is 0.328 e. The number of phenols is 1. The molecule has 0 spiro atoms. The Morgan fingerprint density at radius 3 is 2.25 bits per heavy atom. The highest BCUT2D eigenvalue weighted by Gasteiger charge is 2.42. The van der Waals surface area contributed by atoms with Crippen molar-refractivity contribution in [2.45, 2.75) is 192 Å². The minimum atomic E-state index is -1.38. The van der Waals surface area contributed by atoms with Crippen LogP contribution in [0, 0.1) is 0 Å². The van der Waals surface area contributed by atoms with E-state index in [0.717, 1.165) is 25.7 Å². The molecule has 1 aromatic carbocycles. The van der Waals surface area contributed by atoms with Crippen LogP contribution in [-0.4, -0.2) is 84.0 Å². The van der Waals surface area contributed by atoms with E-state index in [9.17, 15) is 29.1 Å². The van der Waals surface area contributed by atoms with Gasteiger partial charge in [0.2, 0.25) is 23.6 Å². The summed E-state index contributed by atoms with van der Waals surface area (Å²) < 4.78 is 11.4. The number of rotatable bonds is 30. The van der Waals surface area contributed by atoms with E-state index in [1.54, 1.807) is 38.1 Å². The maximum atomic E-state index is 13.6. The molecule has 60 heavy (non-hydrogen) atoms. The number of hydrogen-bond donors (Lipinski definition) is 5. The first-order valence-corrected chi connectivity index (χ1v) is 23.1. The average molecular weight is 838 g/mol. The first-order chi connectivity index (χ1) is 29.0. The normalized spacial score (nSPS) is 18.8. The molecular weight excluding hydrogens is 763 g/mol. The summed E-state index contributed by atoms with van der Waals surface area (Å²) in [5.74, 6) is -2.01. The summed E-state index contributed by atoms with van der Waals surface area (Å²) in [4.78, 5) is 69.1. The molecule has 13 heteroatoms. The molecule has 2 aliphatic heterocycles. The molecule has 0 radical (unpaired) electrons. The molecule has 4 atom stereocenters. The summed E-state index contributed by atoms with van der Waals surface area (Å²) in [6.45, 7) is 6.29. The Labute approximate surface area is 359 Å². The number of amides is 4. The highest BCUT2D eigenvalue weighted by atomic mass is 16.5. The number of esters is 1. The number of nitrogens with zero attached hydrogens (tertiary/aromatic N) is 1. The van der Waals surface area contributed by atoms with Crippen molar-refractivity contribution in [3.8, 4) is 5.75 Å². The molecule has 5 N–H and O–H groups in total. The molecule has 0 unspecified atom stereocenters. The van der Waals surface area contributed by atoms with Gasteiger partial charge in [-0.05, 0) is 83.4 Å². The van der Waals surface area contributed by atoms with Gasteiger partial charge in [-0.25, -0.2) is 9.79 Å². The number of carbonyl (C=O) groups excluding carboxylic acids is 5. The SMILES string of the molecule is CCCCCCCCCCCCCCCCC/C=C\C(=O)NCCCC[C@@H](NC(=O)[C@]1(C)COC(c2ccccc2O)=N1)C(=O)O[C@H](C)CC(=O)N[C@H]1CCCCNC1=O. The number of aliphatic imine (C=N–C) groups is 1. The largest absolute Gasteiger partial charge is 0.507 e. The summed E-state index contributed by atoms with van der Waals surface area (Å²) in [5, 5.41) is 21.5. The van der Waals surface area contributed by atoms with Crippen LogP contribution in [0.5, 0.6) is 5.75 Å². The van der Waals surface area contributed by atoms with Gasteiger partial charge >= 0.3 is 5.97 Å². The second kappa shape index (κ2) is 28.9. The molecule has 1 fully saturated rings. The van der Waals surface area contributed by atoms with Crippen molar-refractivity contribution >= 4 is 35.5 Å². The fourth-order valence-corrected chi connectivity index (χ4v) is 7.45. The van der Waals surface area contributed by atoms with Crippen LogP contribution in [0.1, 0.15) is 174 Å². The predicted octanol–water partition coefficient (Wildman–Crippen LogP) is 7.62. The Hall–Kier alpha value is -4.42. The molecule has 1 aromatic rings. The van der Waals surface area contributed by atoms with Gasteiger partial charge in [-0.15, -0.1) is 0 Å². The fourth-order valence-electron chi connectivity index (χ4n) is 7.45. The molecule has 4 amide bonds. The van der Waals surface area contributed by atoms with Gasteiger partial charge in [0, 0.05) is 13.1 Å². The van der Waals surface area contributed by atoms with Crippen molar-refractivity contribution in [3.05, 3.63) is 42.0 Å². The van der Waals surface area contributed by atoms with Gasteiger partial charge in [0.25, 0.3) is 5.91 Å². The number of benzene rings is 1. The Bertz CT molecular complexity index is 1530. The molecule has 336 valence electrons. The minimum absolute atomic E-state index is 0.0390. The van der Waals surface area contributed by atoms with E-state index >= 15 is 0 Å². The first-order valence-electron chi connectivity index (χ1n) is 23.1. The van der Waals surface area contributed by atoms with Gasteiger partial charge in [0.15, 0.2) is 5.54 Å². The van der Waals surface area contributed by atoms with Crippen LogP contribution in [-0.2, 0) is 33.4 Å². The van der Waals surface area contributed by atoms with Crippen molar-refractivity contribution in [2.24, 2.45) is 4.99 Å².